The second-order valence-corrected chi connectivity index (χ2v) is 10.5. The number of aromatic carboxylic acids is 1. The third kappa shape index (κ3) is 5.75. The van der Waals surface area contributed by atoms with Crippen molar-refractivity contribution in [3.63, 3.8) is 0 Å². The van der Waals surface area contributed by atoms with Gasteiger partial charge in [-0.15, -0.1) is 0 Å². The number of benzene rings is 3. The zero-order valence-corrected chi connectivity index (χ0v) is 22.7. The van der Waals surface area contributed by atoms with Crippen LogP contribution in [0.15, 0.2) is 60.7 Å². The smallest absolute Gasteiger partial charge is 0.335 e. The van der Waals surface area contributed by atoms with Gasteiger partial charge in [0.05, 0.1) is 42.4 Å². The van der Waals surface area contributed by atoms with Crippen molar-refractivity contribution in [1.29, 1.82) is 0 Å². The van der Waals surface area contributed by atoms with Crippen molar-refractivity contribution < 1.29 is 28.2 Å². The number of hydrogen-bond donors (Lipinski definition) is 1. The molecule has 1 N–H and O–H groups in total. The molecule has 0 aliphatic carbocycles. The van der Waals surface area contributed by atoms with Crippen LogP contribution in [0.3, 0.4) is 0 Å². The molecule has 0 saturated carbocycles. The van der Waals surface area contributed by atoms with Crippen LogP contribution in [-0.2, 0) is 24.4 Å². The van der Waals surface area contributed by atoms with E-state index in [0.717, 1.165) is 35.5 Å². The number of aromatic nitrogens is 2. The van der Waals surface area contributed by atoms with Crippen LogP contribution >= 0.6 is 0 Å². The van der Waals surface area contributed by atoms with Gasteiger partial charge in [-0.3, -0.25) is 4.90 Å². The molecule has 42 heavy (non-hydrogen) atoms. The minimum Gasteiger partial charge on any atom is -0.489 e. The van der Waals surface area contributed by atoms with E-state index >= 15 is 0 Å². The number of fused-ring (bicyclic) bond motifs is 1. The Kier molecular flexibility index (Phi) is 7.69. The quantitative estimate of drug-likeness (QED) is 0.241. The predicted octanol–water partition coefficient (Wildman–Crippen LogP) is 6.22. The van der Waals surface area contributed by atoms with Crippen LogP contribution in [0.1, 0.15) is 40.2 Å². The van der Waals surface area contributed by atoms with Gasteiger partial charge in [0.2, 0.25) is 0 Å². The number of nitrogens with zero attached hydrogens (tertiary/aromatic N) is 4. The van der Waals surface area contributed by atoms with Crippen LogP contribution in [0, 0.1) is 18.2 Å². The van der Waals surface area contributed by atoms with Gasteiger partial charge >= 0.3 is 5.97 Å². The summed E-state index contributed by atoms with van der Waals surface area (Å²) in [5, 5.41) is 9.48. The van der Waals surface area contributed by atoms with E-state index in [9.17, 15) is 18.7 Å². The summed E-state index contributed by atoms with van der Waals surface area (Å²) in [7, 11) is 0. The highest BCUT2D eigenvalue weighted by Gasteiger charge is 2.24. The Labute approximate surface area is 241 Å². The molecule has 0 amide bonds. The highest BCUT2D eigenvalue weighted by molar-refractivity contribution is 5.92. The van der Waals surface area contributed by atoms with E-state index in [-0.39, 0.29) is 29.8 Å². The molecule has 3 heterocycles. The Morgan fingerprint density at radius 1 is 1.14 bits per heavy atom. The summed E-state index contributed by atoms with van der Waals surface area (Å²) in [6.45, 7) is 10.1. The largest absolute Gasteiger partial charge is 0.489 e. The summed E-state index contributed by atoms with van der Waals surface area (Å²) in [5.74, 6) is -0.596. The summed E-state index contributed by atoms with van der Waals surface area (Å²) in [6.07, 6.45) is 3.64. The van der Waals surface area contributed by atoms with Crippen molar-refractivity contribution in [3.8, 4) is 5.75 Å². The molecule has 1 fully saturated rings. The number of halogens is 2. The highest BCUT2D eigenvalue weighted by atomic mass is 19.1. The van der Waals surface area contributed by atoms with E-state index in [4.69, 9.17) is 21.0 Å². The first-order chi connectivity index (χ1) is 20.4. The Morgan fingerprint density at radius 2 is 2.00 bits per heavy atom. The van der Waals surface area contributed by atoms with E-state index in [1.165, 1.54) is 30.3 Å². The summed E-state index contributed by atoms with van der Waals surface area (Å²) >= 11 is 0. The fourth-order valence-electron chi connectivity index (χ4n) is 5.29. The molecule has 6 rings (SSSR count). The number of ether oxygens (including phenoxy) is 2. The molecule has 2 aliphatic rings. The summed E-state index contributed by atoms with van der Waals surface area (Å²) < 4.78 is 42.6. The van der Waals surface area contributed by atoms with E-state index in [1.807, 2.05) is 6.08 Å². The molecule has 1 aromatic heterocycles. The Hall–Kier alpha value is -4.59. The van der Waals surface area contributed by atoms with Gasteiger partial charge in [0.25, 0.3) is 0 Å². The highest BCUT2D eigenvalue weighted by Crippen LogP contribution is 2.30. The van der Waals surface area contributed by atoms with Gasteiger partial charge in [-0.25, -0.2) is 23.4 Å². The van der Waals surface area contributed by atoms with Crippen molar-refractivity contribution in [2.75, 3.05) is 19.7 Å². The maximum atomic E-state index is 14.9. The predicted molar refractivity (Wildman–Crippen MR) is 152 cm³/mol. The lowest BCUT2D eigenvalue weighted by Gasteiger charge is -2.29. The number of carbonyl (C=O) groups is 1. The SMILES string of the molecule is [C-]#[N+]c1ccc(COc2ccc(F)c(C3=CCN(Cc4nc5ccc(C(=O)O)cc5n4C[C@@H]4CCO4)CC3)c2)c(F)c1. The molecular formula is C32H28F2N4O4. The Morgan fingerprint density at radius 3 is 2.69 bits per heavy atom. The molecule has 10 heteroatoms. The lowest BCUT2D eigenvalue weighted by molar-refractivity contribution is -0.0591. The fourth-order valence-corrected chi connectivity index (χ4v) is 5.29. The van der Waals surface area contributed by atoms with Gasteiger partial charge in [0.1, 0.15) is 29.8 Å². The number of hydrogen-bond acceptors (Lipinski definition) is 5. The Bertz CT molecular complexity index is 1740. The van der Waals surface area contributed by atoms with Crippen LogP contribution in [0.2, 0.25) is 0 Å². The number of carboxylic acids is 1. The van der Waals surface area contributed by atoms with Crippen molar-refractivity contribution in [2.24, 2.45) is 0 Å². The lowest BCUT2D eigenvalue weighted by Crippen LogP contribution is -2.33. The zero-order valence-electron chi connectivity index (χ0n) is 22.7. The zero-order chi connectivity index (χ0) is 29.2. The molecular weight excluding hydrogens is 542 g/mol. The molecule has 0 spiro atoms. The molecule has 8 nitrogen and oxygen atoms in total. The maximum absolute atomic E-state index is 14.9. The van der Waals surface area contributed by atoms with Crippen LogP contribution in [0.5, 0.6) is 5.75 Å². The van der Waals surface area contributed by atoms with Gasteiger partial charge in [-0.05, 0) is 60.9 Å². The molecule has 3 aromatic carbocycles. The summed E-state index contributed by atoms with van der Waals surface area (Å²) in [6, 6.07) is 13.7. The third-order valence-electron chi connectivity index (χ3n) is 7.76. The van der Waals surface area contributed by atoms with E-state index in [0.29, 0.717) is 49.5 Å². The van der Waals surface area contributed by atoms with Crippen molar-refractivity contribution in [2.45, 2.75) is 38.6 Å². The minimum atomic E-state index is -0.982. The molecule has 4 aromatic rings. The van der Waals surface area contributed by atoms with Crippen molar-refractivity contribution in [1.82, 2.24) is 14.5 Å². The topological polar surface area (TPSA) is 81.2 Å². The van der Waals surface area contributed by atoms with Crippen molar-refractivity contribution in [3.05, 3.63) is 106 Å². The van der Waals surface area contributed by atoms with Crippen LogP contribution in [0.25, 0.3) is 21.5 Å². The molecule has 1 saturated heterocycles. The second kappa shape index (κ2) is 11.7. The normalized spacial score (nSPS) is 17.0. The molecule has 0 radical (unpaired) electrons. The molecule has 214 valence electrons. The number of carboxylic acid groups (broad SMARTS) is 1. The molecule has 0 unspecified atom stereocenters. The number of imidazole rings is 1. The van der Waals surface area contributed by atoms with E-state index < -0.39 is 11.8 Å². The van der Waals surface area contributed by atoms with Crippen molar-refractivity contribution >= 4 is 28.3 Å². The molecule has 2 aliphatic heterocycles. The lowest BCUT2D eigenvalue weighted by atomic mass is 9.98. The fraction of sp³-hybridized carbons (Fsp3) is 0.281. The van der Waals surface area contributed by atoms with Crippen LogP contribution in [0.4, 0.5) is 14.5 Å². The maximum Gasteiger partial charge on any atom is 0.335 e. The second-order valence-electron chi connectivity index (χ2n) is 10.5. The van der Waals surface area contributed by atoms with Crippen LogP contribution in [-0.4, -0.2) is 51.3 Å². The first-order valence-corrected chi connectivity index (χ1v) is 13.7. The standard InChI is InChI=1S/C32H28F2N4O4/c1-35-23-4-2-22(28(34)15-23)19-42-24-5-6-27(33)26(16-24)20-8-11-37(12-9-20)18-31-36-29-7-3-21(32(39)40)14-30(29)38(31)17-25-10-13-41-25/h2-8,14-16,25H,9-13,17-19H2,(H,39,40)/t25-/m0/s1. The third-order valence-corrected chi connectivity index (χ3v) is 7.76. The van der Waals surface area contributed by atoms with Gasteiger partial charge in [-0.1, -0.05) is 18.2 Å². The first kappa shape index (κ1) is 27.6. The average Bonchev–Trinajstić information content (AvgIpc) is 3.31. The summed E-state index contributed by atoms with van der Waals surface area (Å²) in [4.78, 5) is 21.8. The van der Waals surface area contributed by atoms with Crippen LogP contribution < -0.4 is 4.74 Å². The Balaban J connectivity index is 1.16. The summed E-state index contributed by atoms with van der Waals surface area (Å²) in [5.41, 5.74) is 3.58. The van der Waals surface area contributed by atoms with Gasteiger partial charge in [0, 0.05) is 30.8 Å². The van der Waals surface area contributed by atoms with E-state index in [2.05, 4.69) is 14.3 Å². The van der Waals surface area contributed by atoms with Gasteiger partial charge < -0.3 is 19.1 Å². The first-order valence-electron chi connectivity index (χ1n) is 13.7. The molecule has 1 atom stereocenters. The number of rotatable bonds is 9. The monoisotopic (exact) mass is 570 g/mol. The molecule has 0 bridgehead atoms. The van der Waals surface area contributed by atoms with E-state index in [1.54, 1.807) is 24.3 Å². The minimum absolute atomic E-state index is 0.0388. The average molecular weight is 571 g/mol. The van der Waals surface area contributed by atoms with Gasteiger partial charge in [0.15, 0.2) is 5.69 Å². The van der Waals surface area contributed by atoms with Gasteiger partial charge in [-0.2, -0.15) is 0 Å².